The predicted molar refractivity (Wildman–Crippen MR) is 97.8 cm³/mol. The van der Waals surface area contributed by atoms with Crippen molar-refractivity contribution in [2.75, 3.05) is 31.9 Å². The molecule has 1 aromatic rings. The van der Waals surface area contributed by atoms with Gasteiger partial charge in [0, 0.05) is 42.5 Å². The van der Waals surface area contributed by atoms with Crippen molar-refractivity contribution >= 4 is 39.5 Å². The van der Waals surface area contributed by atoms with E-state index in [0.29, 0.717) is 18.8 Å². The Labute approximate surface area is 150 Å². The molecule has 0 atom stereocenters. The molecule has 1 fully saturated rings. The molecule has 0 bridgehead atoms. The molecular formula is C17H23BrN2O2S. The van der Waals surface area contributed by atoms with E-state index in [-0.39, 0.29) is 11.8 Å². The Morgan fingerprint density at radius 3 is 2.43 bits per heavy atom. The number of halogens is 1. The normalized spacial score (nSPS) is 15.5. The molecule has 1 aromatic carbocycles. The topological polar surface area (TPSA) is 40.6 Å². The van der Waals surface area contributed by atoms with Crippen molar-refractivity contribution in [3.63, 3.8) is 0 Å². The van der Waals surface area contributed by atoms with E-state index in [4.69, 9.17) is 0 Å². The van der Waals surface area contributed by atoms with Gasteiger partial charge in [-0.25, -0.2) is 0 Å². The molecule has 4 nitrogen and oxygen atoms in total. The van der Waals surface area contributed by atoms with Gasteiger partial charge >= 0.3 is 0 Å². The van der Waals surface area contributed by atoms with E-state index < -0.39 is 0 Å². The molecule has 0 radical (unpaired) electrons. The van der Waals surface area contributed by atoms with Crippen LogP contribution in [0.5, 0.6) is 0 Å². The lowest BCUT2D eigenvalue weighted by Crippen LogP contribution is -2.37. The first-order chi connectivity index (χ1) is 10.9. The predicted octanol–water partition coefficient (Wildman–Crippen LogP) is 3.24. The van der Waals surface area contributed by atoms with Crippen LogP contribution in [-0.4, -0.2) is 53.5 Å². The maximum Gasteiger partial charge on any atom is 0.232 e. The van der Waals surface area contributed by atoms with Gasteiger partial charge < -0.3 is 9.80 Å². The summed E-state index contributed by atoms with van der Waals surface area (Å²) in [5.74, 6) is 0.692. The molecule has 1 aliphatic heterocycles. The highest BCUT2D eigenvalue weighted by molar-refractivity contribution is 9.10. The average molecular weight is 399 g/mol. The molecule has 0 N–H and O–H groups in total. The van der Waals surface area contributed by atoms with Crippen molar-refractivity contribution in [1.29, 1.82) is 0 Å². The van der Waals surface area contributed by atoms with Crippen molar-refractivity contribution in [3.8, 4) is 0 Å². The Hall–Kier alpha value is -1.01. The summed E-state index contributed by atoms with van der Waals surface area (Å²) in [4.78, 5) is 28.8. The fourth-order valence-electron chi connectivity index (χ4n) is 2.62. The van der Waals surface area contributed by atoms with E-state index >= 15 is 0 Å². The van der Waals surface area contributed by atoms with Crippen molar-refractivity contribution in [2.45, 2.75) is 32.1 Å². The molecule has 6 heteroatoms. The molecule has 126 valence electrons. The molecule has 23 heavy (non-hydrogen) atoms. The Morgan fingerprint density at radius 1 is 1.09 bits per heavy atom. The number of rotatable bonds is 3. The van der Waals surface area contributed by atoms with Crippen LogP contribution in [0.2, 0.25) is 0 Å². The summed E-state index contributed by atoms with van der Waals surface area (Å²) in [5.41, 5.74) is 2.36. The summed E-state index contributed by atoms with van der Waals surface area (Å²) in [5, 5.41) is 0. The minimum Gasteiger partial charge on any atom is -0.341 e. The minimum atomic E-state index is 0.0923. The van der Waals surface area contributed by atoms with Crippen LogP contribution in [0.4, 0.5) is 0 Å². The molecule has 0 saturated carbocycles. The molecule has 0 unspecified atom stereocenters. The number of thioether (sulfide) groups is 1. The largest absolute Gasteiger partial charge is 0.341 e. The van der Waals surface area contributed by atoms with E-state index in [1.807, 2.05) is 9.80 Å². The number of nitrogens with zero attached hydrogens (tertiary/aromatic N) is 2. The summed E-state index contributed by atoms with van der Waals surface area (Å²) in [7, 11) is 0. The van der Waals surface area contributed by atoms with Crippen LogP contribution in [0.3, 0.4) is 0 Å². The van der Waals surface area contributed by atoms with Gasteiger partial charge in [-0.15, -0.1) is 11.8 Å². The van der Waals surface area contributed by atoms with Crippen molar-refractivity contribution < 1.29 is 9.59 Å². The zero-order valence-electron chi connectivity index (χ0n) is 13.9. The number of amides is 2. The van der Waals surface area contributed by atoms with Crippen LogP contribution < -0.4 is 0 Å². The smallest absolute Gasteiger partial charge is 0.232 e. The highest BCUT2D eigenvalue weighted by atomic mass is 79.9. The van der Waals surface area contributed by atoms with Crippen LogP contribution in [0.25, 0.3) is 0 Å². The lowest BCUT2D eigenvalue weighted by atomic mass is 10.2. The minimum absolute atomic E-state index is 0.0923. The molecule has 1 aliphatic rings. The zero-order valence-corrected chi connectivity index (χ0v) is 16.3. The first kappa shape index (κ1) is 18.3. The van der Waals surface area contributed by atoms with Gasteiger partial charge in [-0.2, -0.15) is 0 Å². The highest BCUT2D eigenvalue weighted by Crippen LogP contribution is 2.28. The second-order valence-electron chi connectivity index (χ2n) is 5.90. The first-order valence-corrected chi connectivity index (χ1v) is 9.59. The van der Waals surface area contributed by atoms with Crippen LogP contribution in [-0.2, 0) is 9.59 Å². The fraction of sp³-hybridized carbons (Fsp3) is 0.529. The zero-order chi connectivity index (χ0) is 17.0. The van der Waals surface area contributed by atoms with Crippen LogP contribution >= 0.6 is 27.7 Å². The lowest BCUT2D eigenvalue weighted by molar-refractivity contribution is -0.130. The van der Waals surface area contributed by atoms with E-state index in [1.54, 1.807) is 18.7 Å². The van der Waals surface area contributed by atoms with Crippen LogP contribution in [0.15, 0.2) is 21.5 Å². The second kappa shape index (κ2) is 8.20. The van der Waals surface area contributed by atoms with E-state index in [9.17, 15) is 9.59 Å². The van der Waals surface area contributed by atoms with Crippen LogP contribution in [0.1, 0.15) is 24.5 Å². The quantitative estimate of drug-likeness (QED) is 0.733. The number of hydrogen-bond donors (Lipinski definition) is 0. The Morgan fingerprint density at radius 2 is 1.74 bits per heavy atom. The molecule has 2 rings (SSSR count). The second-order valence-corrected chi connectivity index (χ2v) is 7.77. The Kier molecular flexibility index (Phi) is 6.53. The fourth-order valence-corrected chi connectivity index (χ4v) is 4.09. The maximum atomic E-state index is 12.5. The number of carbonyl (C=O) groups is 2. The molecule has 1 heterocycles. The number of aryl methyl sites for hydroxylation is 2. The summed E-state index contributed by atoms with van der Waals surface area (Å²) in [6.45, 7) is 8.47. The standard InChI is InChI=1S/C17H23BrN2O2S/c1-12-10-16(13(2)9-15(12)18)23-11-17(22)20-6-4-5-19(7-8-20)14(3)21/h9-10H,4-8,11H2,1-3H3. The van der Waals surface area contributed by atoms with Crippen molar-refractivity contribution in [3.05, 3.63) is 27.7 Å². The molecule has 2 amide bonds. The summed E-state index contributed by atoms with van der Waals surface area (Å²) < 4.78 is 1.10. The molecule has 1 saturated heterocycles. The van der Waals surface area contributed by atoms with Gasteiger partial charge in [0.2, 0.25) is 11.8 Å². The summed E-state index contributed by atoms with van der Waals surface area (Å²) in [6.07, 6.45) is 0.854. The summed E-state index contributed by atoms with van der Waals surface area (Å²) in [6, 6.07) is 4.22. The van der Waals surface area contributed by atoms with Crippen LogP contribution in [0, 0.1) is 13.8 Å². The van der Waals surface area contributed by atoms with Crippen molar-refractivity contribution in [1.82, 2.24) is 9.80 Å². The first-order valence-electron chi connectivity index (χ1n) is 7.81. The summed E-state index contributed by atoms with van der Waals surface area (Å²) >= 11 is 5.13. The number of hydrogen-bond acceptors (Lipinski definition) is 3. The lowest BCUT2D eigenvalue weighted by Gasteiger charge is -2.21. The van der Waals surface area contributed by atoms with Gasteiger partial charge in [-0.05, 0) is 43.5 Å². The van der Waals surface area contributed by atoms with E-state index in [1.165, 1.54) is 11.1 Å². The van der Waals surface area contributed by atoms with Crippen molar-refractivity contribution in [2.24, 2.45) is 0 Å². The molecule has 0 spiro atoms. The van der Waals surface area contributed by atoms with Gasteiger partial charge in [0.25, 0.3) is 0 Å². The molecular weight excluding hydrogens is 376 g/mol. The number of benzene rings is 1. The van der Waals surface area contributed by atoms with E-state index in [0.717, 1.165) is 28.9 Å². The van der Waals surface area contributed by atoms with Gasteiger partial charge in [-0.3, -0.25) is 9.59 Å². The highest BCUT2D eigenvalue weighted by Gasteiger charge is 2.20. The van der Waals surface area contributed by atoms with E-state index in [2.05, 4.69) is 41.9 Å². The maximum absolute atomic E-state index is 12.5. The Bertz CT molecular complexity index is 607. The third-order valence-corrected chi connectivity index (χ3v) is 6.10. The monoisotopic (exact) mass is 398 g/mol. The van der Waals surface area contributed by atoms with Gasteiger partial charge in [0.1, 0.15) is 0 Å². The number of carbonyl (C=O) groups excluding carboxylic acids is 2. The average Bonchev–Trinajstić information content (AvgIpc) is 2.75. The molecule has 0 aliphatic carbocycles. The molecule has 0 aromatic heterocycles. The third-order valence-electron chi connectivity index (χ3n) is 4.10. The SMILES string of the molecule is CC(=O)N1CCCN(C(=O)CSc2cc(C)c(Br)cc2C)CC1. The Balaban J connectivity index is 1.92. The van der Waals surface area contributed by atoms with Gasteiger partial charge in [0.15, 0.2) is 0 Å². The van der Waals surface area contributed by atoms with Gasteiger partial charge in [0.05, 0.1) is 5.75 Å². The van der Waals surface area contributed by atoms with Gasteiger partial charge in [-0.1, -0.05) is 15.9 Å². The third kappa shape index (κ3) is 4.98.